The Bertz CT molecular complexity index is 96.5. The average Bonchev–Trinajstić information content (AvgIpc) is 2.10. The van der Waals surface area contributed by atoms with Gasteiger partial charge in [0.15, 0.2) is 0 Å². The van der Waals surface area contributed by atoms with Gasteiger partial charge in [0.25, 0.3) is 0 Å². The van der Waals surface area contributed by atoms with Crippen LogP contribution in [0.3, 0.4) is 0 Å². The Labute approximate surface area is 77.0 Å². The molecule has 0 heterocycles. The summed E-state index contributed by atoms with van der Waals surface area (Å²) in [5, 5.41) is 0. The van der Waals surface area contributed by atoms with Gasteiger partial charge in [-0.2, -0.15) is 0 Å². The van der Waals surface area contributed by atoms with Crippen LogP contribution in [-0.2, 0) is 9.09 Å². The van der Waals surface area contributed by atoms with Gasteiger partial charge in [-0.05, 0) is 11.0 Å². The molecule has 3 heteroatoms. The lowest BCUT2D eigenvalue weighted by Crippen LogP contribution is -1.85. The van der Waals surface area contributed by atoms with Gasteiger partial charge >= 0.3 is 8.69 Å². The van der Waals surface area contributed by atoms with Crippen LogP contribution in [0.25, 0.3) is 0 Å². The summed E-state index contributed by atoms with van der Waals surface area (Å²) in [4.78, 5) is 0. The van der Waals surface area contributed by atoms with Gasteiger partial charge in [-0.15, -0.1) is 4.52 Å². The molecule has 0 saturated heterocycles. The summed E-state index contributed by atoms with van der Waals surface area (Å²) < 4.78 is 14.6. The Balaban J connectivity index is 2.77. The Hall–Kier alpha value is 0.0600. The molecule has 1 atom stereocenters. The Morgan fingerprint density at radius 3 is 2.17 bits per heavy atom. The number of rotatable bonds is 9. The van der Waals surface area contributed by atoms with Gasteiger partial charge < -0.3 is 0 Å². The second-order valence-corrected chi connectivity index (χ2v) is 3.51. The Kier molecular flexibility index (Phi) is 11.1. The van der Waals surface area contributed by atoms with Gasteiger partial charge in [-0.1, -0.05) is 45.4 Å². The molecule has 0 aromatic carbocycles. The molecule has 0 aromatic heterocycles. The van der Waals surface area contributed by atoms with Crippen molar-refractivity contribution in [1.82, 2.24) is 0 Å². The zero-order valence-electron chi connectivity index (χ0n) is 7.97. The van der Waals surface area contributed by atoms with Crippen LogP contribution in [0.5, 0.6) is 0 Å². The smallest absolute Gasteiger partial charge is 0.148 e. The van der Waals surface area contributed by atoms with Crippen molar-refractivity contribution >= 4 is 8.69 Å². The normalized spacial score (nSPS) is 10.8. The summed E-state index contributed by atoms with van der Waals surface area (Å²) in [6.45, 7) is 2.89. The number of hydrogen-bond acceptors (Lipinski definition) is 2. The molecule has 0 saturated carbocycles. The molecule has 0 aliphatic heterocycles. The van der Waals surface area contributed by atoms with Crippen molar-refractivity contribution in [2.24, 2.45) is 0 Å². The van der Waals surface area contributed by atoms with E-state index >= 15 is 0 Å². The SMILES string of the molecule is CCCCCCCCCO[PH+]=O. The number of unbranched alkanes of at least 4 members (excludes halogenated alkanes) is 6. The molecule has 12 heavy (non-hydrogen) atoms. The van der Waals surface area contributed by atoms with E-state index in [4.69, 9.17) is 4.52 Å². The topological polar surface area (TPSA) is 26.3 Å². The minimum atomic E-state index is -0.580. The van der Waals surface area contributed by atoms with Crippen molar-refractivity contribution in [1.29, 1.82) is 0 Å². The van der Waals surface area contributed by atoms with Crippen LogP contribution < -0.4 is 0 Å². The first-order chi connectivity index (χ1) is 5.91. The highest BCUT2D eigenvalue weighted by Gasteiger charge is 1.93. The van der Waals surface area contributed by atoms with Crippen molar-refractivity contribution in [3.63, 3.8) is 0 Å². The summed E-state index contributed by atoms with van der Waals surface area (Å²) in [6, 6.07) is 0. The molecule has 1 unspecified atom stereocenters. The van der Waals surface area contributed by atoms with Crippen LogP contribution >= 0.6 is 8.69 Å². The van der Waals surface area contributed by atoms with E-state index in [1.807, 2.05) is 0 Å². The van der Waals surface area contributed by atoms with E-state index in [1.165, 1.54) is 38.5 Å². The first kappa shape index (κ1) is 12.1. The van der Waals surface area contributed by atoms with Crippen LogP contribution in [0, 0.1) is 0 Å². The lowest BCUT2D eigenvalue weighted by Gasteiger charge is -1.97. The summed E-state index contributed by atoms with van der Waals surface area (Å²) in [6.07, 6.45) is 8.94. The van der Waals surface area contributed by atoms with Gasteiger partial charge in [-0.3, -0.25) is 0 Å². The van der Waals surface area contributed by atoms with Gasteiger partial charge in [-0.25, -0.2) is 0 Å². The fraction of sp³-hybridized carbons (Fsp3) is 1.00. The first-order valence-corrected chi connectivity index (χ1v) is 5.72. The molecule has 0 spiro atoms. The standard InChI is InChI=1S/C9H20O2P/c1-2-3-4-5-6-7-8-9-11-12-10/h12H,2-9H2,1H3/q+1. The van der Waals surface area contributed by atoms with Gasteiger partial charge in [0.2, 0.25) is 0 Å². The number of hydrogen-bond donors (Lipinski definition) is 0. The molecule has 0 bridgehead atoms. The molecular formula is C9H20O2P+. The van der Waals surface area contributed by atoms with Crippen molar-refractivity contribution in [2.75, 3.05) is 6.61 Å². The molecule has 0 N–H and O–H groups in total. The second-order valence-electron chi connectivity index (χ2n) is 3.05. The Morgan fingerprint density at radius 1 is 1.00 bits per heavy atom. The molecule has 2 nitrogen and oxygen atoms in total. The zero-order valence-corrected chi connectivity index (χ0v) is 8.97. The van der Waals surface area contributed by atoms with Crippen molar-refractivity contribution < 1.29 is 9.09 Å². The van der Waals surface area contributed by atoms with E-state index in [0.717, 1.165) is 6.42 Å². The molecule has 0 fully saturated rings. The molecule has 72 valence electrons. The fourth-order valence-electron chi connectivity index (χ4n) is 1.17. The van der Waals surface area contributed by atoms with Crippen LogP contribution in [0.1, 0.15) is 51.9 Å². The van der Waals surface area contributed by atoms with Gasteiger partial charge in [0.1, 0.15) is 6.61 Å². The maximum Gasteiger partial charge on any atom is 0.494 e. The first-order valence-electron chi connectivity index (χ1n) is 4.90. The third kappa shape index (κ3) is 10.1. The zero-order chi connectivity index (χ0) is 9.07. The van der Waals surface area contributed by atoms with Crippen LogP contribution in [0.15, 0.2) is 0 Å². The largest absolute Gasteiger partial charge is 0.494 e. The maximum atomic E-state index is 9.91. The van der Waals surface area contributed by atoms with Crippen LogP contribution in [0.2, 0.25) is 0 Å². The van der Waals surface area contributed by atoms with E-state index < -0.39 is 8.69 Å². The quantitative estimate of drug-likeness (QED) is 0.410. The predicted octanol–water partition coefficient (Wildman–Crippen LogP) is 3.69. The summed E-state index contributed by atoms with van der Waals surface area (Å²) >= 11 is 0. The van der Waals surface area contributed by atoms with Crippen molar-refractivity contribution in [2.45, 2.75) is 51.9 Å². The average molecular weight is 191 g/mol. The molecule has 0 aromatic rings. The minimum absolute atomic E-state index is 0.580. The lowest BCUT2D eigenvalue weighted by molar-refractivity contribution is 0.328. The summed E-state index contributed by atoms with van der Waals surface area (Å²) in [5.74, 6) is 0. The van der Waals surface area contributed by atoms with E-state index in [1.54, 1.807) is 0 Å². The third-order valence-electron chi connectivity index (χ3n) is 1.91. The van der Waals surface area contributed by atoms with Crippen LogP contribution in [-0.4, -0.2) is 6.61 Å². The molecule has 0 rings (SSSR count). The maximum absolute atomic E-state index is 9.91. The highest BCUT2D eigenvalue weighted by molar-refractivity contribution is 7.17. The highest BCUT2D eigenvalue weighted by Crippen LogP contribution is 2.07. The third-order valence-corrected chi connectivity index (χ3v) is 2.23. The summed E-state index contributed by atoms with van der Waals surface area (Å²) in [5.41, 5.74) is 0. The second kappa shape index (κ2) is 11.1. The molecular weight excluding hydrogens is 171 g/mol. The van der Waals surface area contributed by atoms with Crippen molar-refractivity contribution in [3.05, 3.63) is 0 Å². The van der Waals surface area contributed by atoms with E-state index in [-0.39, 0.29) is 0 Å². The Morgan fingerprint density at radius 2 is 1.58 bits per heavy atom. The minimum Gasteiger partial charge on any atom is -0.148 e. The van der Waals surface area contributed by atoms with E-state index in [2.05, 4.69) is 6.92 Å². The monoisotopic (exact) mass is 191 g/mol. The molecule has 0 aliphatic rings. The molecule has 0 aliphatic carbocycles. The summed E-state index contributed by atoms with van der Waals surface area (Å²) in [7, 11) is -0.580. The fourth-order valence-corrected chi connectivity index (χ4v) is 1.40. The van der Waals surface area contributed by atoms with E-state index in [0.29, 0.717) is 6.61 Å². The predicted molar refractivity (Wildman–Crippen MR) is 52.9 cm³/mol. The molecule has 0 radical (unpaired) electrons. The van der Waals surface area contributed by atoms with Crippen LogP contribution in [0.4, 0.5) is 0 Å². The van der Waals surface area contributed by atoms with Gasteiger partial charge in [0.05, 0.1) is 0 Å². The molecule has 0 amide bonds. The highest BCUT2D eigenvalue weighted by atomic mass is 31.1. The lowest BCUT2D eigenvalue weighted by atomic mass is 10.1. The van der Waals surface area contributed by atoms with Gasteiger partial charge in [0, 0.05) is 0 Å². The van der Waals surface area contributed by atoms with Crippen molar-refractivity contribution in [3.8, 4) is 0 Å². The van der Waals surface area contributed by atoms with E-state index in [9.17, 15) is 4.57 Å².